The van der Waals surface area contributed by atoms with Gasteiger partial charge >= 0.3 is 0 Å². The van der Waals surface area contributed by atoms with Crippen LogP contribution in [-0.2, 0) is 13.0 Å². The largest absolute Gasteiger partial charge is 0.493 e. The van der Waals surface area contributed by atoms with Gasteiger partial charge in [-0.15, -0.1) is 0 Å². The van der Waals surface area contributed by atoms with Crippen LogP contribution < -0.4 is 10.1 Å². The molecule has 0 fully saturated rings. The molecule has 0 aromatic heterocycles. The highest BCUT2D eigenvalue weighted by atomic mass is 16.5. The number of aryl methyl sites for hydroxylation is 1. The molecule has 1 aromatic rings. The molecule has 2 rings (SSSR count). The first-order valence-electron chi connectivity index (χ1n) is 6.68. The molecule has 0 spiro atoms. The molecule has 1 N–H and O–H groups in total. The van der Waals surface area contributed by atoms with Crippen molar-refractivity contribution in [1.29, 1.82) is 5.26 Å². The fourth-order valence-electron chi connectivity index (χ4n) is 2.20. The molecule has 3 heteroatoms. The molecule has 18 heavy (non-hydrogen) atoms. The van der Waals surface area contributed by atoms with Gasteiger partial charge in [0.1, 0.15) is 5.75 Å². The molecule has 1 atom stereocenters. The van der Waals surface area contributed by atoms with Crippen LogP contribution in [0, 0.1) is 17.2 Å². The van der Waals surface area contributed by atoms with Crippen LogP contribution in [0.25, 0.3) is 0 Å². The third kappa shape index (κ3) is 3.24. The number of nitrogens with zero attached hydrogens (tertiary/aromatic N) is 1. The van der Waals surface area contributed by atoms with Crippen LogP contribution in [0.2, 0.25) is 0 Å². The molecule has 0 aliphatic carbocycles. The summed E-state index contributed by atoms with van der Waals surface area (Å²) < 4.78 is 5.59. The molecule has 1 aliphatic heterocycles. The second kappa shape index (κ2) is 6.42. The van der Waals surface area contributed by atoms with E-state index in [0.717, 1.165) is 44.7 Å². The number of ether oxygens (including phenoxy) is 1. The standard InChI is InChI=1S/C15H20N2O/c1-2-12(9-16)10-17-11-13-5-6-15-14(8-13)4-3-7-18-15/h5-6,8,12,17H,2-4,7,10-11H2,1H3. The van der Waals surface area contributed by atoms with Crippen LogP contribution in [-0.4, -0.2) is 13.2 Å². The second-order valence-corrected chi connectivity index (χ2v) is 4.76. The van der Waals surface area contributed by atoms with Crippen LogP contribution >= 0.6 is 0 Å². The van der Waals surface area contributed by atoms with Crippen LogP contribution in [0.5, 0.6) is 5.75 Å². The Morgan fingerprint density at radius 3 is 3.17 bits per heavy atom. The van der Waals surface area contributed by atoms with E-state index >= 15 is 0 Å². The SMILES string of the molecule is CCC(C#N)CNCc1ccc2c(c1)CCCO2. The van der Waals surface area contributed by atoms with E-state index in [1.807, 2.05) is 6.92 Å². The normalized spacial score (nSPS) is 15.3. The lowest BCUT2D eigenvalue weighted by molar-refractivity contribution is 0.288. The van der Waals surface area contributed by atoms with Gasteiger partial charge < -0.3 is 10.1 Å². The topological polar surface area (TPSA) is 45.0 Å². The predicted octanol–water partition coefficient (Wildman–Crippen LogP) is 2.65. The zero-order valence-electron chi connectivity index (χ0n) is 10.9. The zero-order chi connectivity index (χ0) is 12.8. The highest BCUT2D eigenvalue weighted by molar-refractivity contribution is 5.38. The Balaban J connectivity index is 1.88. The lowest BCUT2D eigenvalue weighted by Crippen LogP contribution is -2.21. The first-order chi connectivity index (χ1) is 8.83. The first kappa shape index (κ1) is 12.9. The molecule has 3 nitrogen and oxygen atoms in total. The van der Waals surface area contributed by atoms with E-state index in [4.69, 9.17) is 10.00 Å². The summed E-state index contributed by atoms with van der Waals surface area (Å²) >= 11 is 0. The van der Waals surface area contributed by atoms with E-state index in [0.29, 0.717) is 0 Å². The second-order valence-electron chi connectivity index (χ2n) is 4.76. The molecule has 0 saturated heterocycles. The van der Waals surface area contributed by atoms with Gasteiger partial charge in [-0.05, 0) is 36.5 Å². The third-order valence-electron chi connectivity index (χ3n) is 3.37. The Morgan fingerprint density at radius 1 is 1.50 bits per heavy atom. The number of rotatable bonds is 5. The zero-order valence-corrected chi connectivity index (χ0v) is 10.9. The van der Waals surface area contributed by atoms with Crippen molar-refractivity contribution in [3.8, 4) is 11.8 Å². The Hall–Kier alpha value is -1.53. The highest BCUT2D eigenvalue weighted by Gasteiger charge is 2.10. The highest BCUT2D eigenvalue weighted by Crippen LogP contribution is 2.25. The molecular formula is C15H20N2O. The molecule has 1 heterocycles. The van der Waals surface area contributed by atoms with Gasteiger partial charge in [0.2, 0.25) is 0 Å². The molecule has 96 valence electrons. The quantitative estimate of drug-likeness (QED) is 0.866. The molecule has 0 radical (unpaired) electrons. The van der Waals surface area contributed by atoms with E-state index in [1.54, 1.807) is 0 Å². The van der Waals surface area contributed by atoms with E-state index in [1.165, 1.54) is 11.1 Å². The van der Waals surface area contributed by atoms with Crippen molar-refractivity contribution in [2.75, 3.05) is 13.2 Å². The Labute approximate surface area is 109 Å². The van der Waals surface area contributed by atoms with Crippen molar-refractivity contribution in [3.63, 3.8) is 0 Å². The lowest BCUT2D eigenvalue weighted by Gasteiger charge is -2.18. The maximum atomic E-state index is 8.87. The summed E-state index contributed by atoms with van der Waals surface area (Å²) in [6.45, 7) is 4.47. The minimum atomic E-state index is 0.117. The summed E-state index contributed by atoms with van der Waals surface area (Å²) in [6, 6.07) is 8.69. The molecule has 0 saturated carbocycles. The fraction of sp³-hybridized carbons (Fsp3) is 0.533. The van der Waals surface area contributed by atoms with Gasteiger partial charge in [0, 0.05) is 13.1 Å². The maximum Gasteiger partial charge on any atom is 0.122 e. The van der Waals surface area contributed by atoms with E-state index in [-0.39, 0.29) is 5.92 Å². The Kier molecular flexibility index (Phi) is 4.60. The van der Waals surface area contributed by atoms with Gasteiger partial charge in [0.15, 0.2) is 0 Å². The van der Waals surface area contributed by atoms with Crippen molar-refractivity contribution in [2.45, 2.75) is 32.7 Å². The number of hydrogen-bond donors (Lipinski definition) is 1. The summed E-state index contributed by atoms with van der Waals surface area (Å²) in [7, 11) is 0. The van der Waals surface area contributed by atoms with E-state index in [2.05, 4.69) is 29.6 Å². The maximum absolute atomic E-state index is 8.87. The smallest absolute Gasteiger partial charge is 0.122 e. The van der Waals surface area contributed by atoms with Crippen LogP contribution in [0.4, 0.5) is 0 Å². The number of hydrogen-bond acceptors (Lipinski definition) is 3. The van der Waals surface area contributed by atoms with Crippen LogP contribution in [0.15, 0.2) is 18.2 Å². The minimum absolute atomic E-state index is 0.117. The van der Waals surface area contributed by atoms with Crippen molar-refractivity contribution < 1.29 is 4.74 Å². The lowest BCUT2D eigenvalue weighted by atomic mass is 10.0. The minimum Gasteiger partial charge on any atom is -0.493 e. The number of nitriles is 1. The predicted molar refractivity (Wildman–Crippen MR) is 71.4 cm³/mol. The summed E-state index contributed by atoms with van der Waals surface area (Å²) in [6.07, 6.45) is 3.12. The van der Waals surface area contributed by atoms with Gasteiger partial charge in [-0.3, -0.25) is 0 Å². The molecule has 1 unspecified atom stereocenters. The van der Waals surface area contributed by atoms with Crippen LogP contribution in [0.1, 0.15) is 30.9 Å². The first-order valence-corrected chi connectivity index (χ1v) is 6.68. The van der Waals surface area contributed by atoms with Gasteiger partial charge in [-0.25, -0.2) is 0 Å². The van der Waals surface area contributed by atoms with Crippen molar-refractivity contribution in [2.24, 2.45) is 5.92 Å². The molecule has 1 aromatic carbocycles. The number of fused-ring (bicyclic) bond motifs is 1. The summed E-state index contributed by atoms with van der Waals surface area (Å²) in [5.74, 6) is 1.15. The molecule has 1 aliphatic rings. The fourth-order valence-corrected chi connectivity index (χ4v) is 2.20. The Bertz CT molecular complexity index is 437. The summed E-state index contributed by atoms with van der Waals surface area (Å²) in [5.41, 5.74) is 2.58. The van der Waals surface area contributed by atoms with Gasteiger partial charge in [-0.1, -0.05) is 19.1 Å². The van der Waals surface area contributed by atoms with Crippen molar-refractivity contribution in [1.82, 2.24) is 5.32 Å². The average Bonchev–Trinajstić information content (AvgIpc) is 2.43. The van der Waals surface area contributed by atoms with Crippen LogP contribution in [0.3, 0.4) is 0 Å². The van der Waals surface area contributed by atoms with Gasteiger partial charge in [0.05, 0.1) is 18.6 Å². The summed E-state index contributed by atoms with van der Waals surface area (Å²) in [5, 5.41) is 12.2. The van der Waals surface area contributed by atoms with Gasteiger partial charge in [-0.2, -0.15) is 5.26 Å². The van der Waals surface area contributed by atoms with Crippen molar-refractivity contribution >= 4 is 0 Å². The summed E-state index contributed by atoms with van der Waals surface area (Å²) in [4.78, 5) is 0. The van der Waals surface area contributed by atoms with E-state index < -0.39 is 0 Å². The monoisotopic (exact) mass is 244 g/mol. The number of nitrogens with one attached hydrogen (secondary N) is 1. The number of benzene rings is 1. The van der Waals surface area contributed by atoms with Crippen molar-refractivity contribution in [3.05, 3.63) is 29.3 Å². The molecular weight excluding hydrogens is 224 g/mol. The average molecular weight is 244 g/mol. The van der Waals surface area contributed by atoms with Gasteiger partial charge in [0.25, 0.3) is 0 Å². The Morgan fingerprint density at radius 2 is 2.39 bits per heavy atom. The third-order valence-corrected chi connectivity index (χ3v) is 3.37. The molecule has 0 amide bonds. The van der Waals surface area contributed by atoms with E-state index in [9.17, 15) is 0 Å². The molecule has 0 bridgehead atoms.